The lowest BCUT2D eigenvalue weighted by atomic mass is 9.84. The minimum absolute atomic E-state index is 0.0505. The number of benzene rings is 2. The first kappa shape index (κ1) is 20.5. The molecule has 0 aliphatic carbocycles. The van der Waals surface area contributed by atoms with Gasteiger partial charge in [0.15, 0.2) is 5.78 Å². The zero-order valence-electron chi connectivity index (χ0n) is 16.7. The number of likely N-dealkylation sites (tertiary alicyclic amines) is 1. The van der Waals surface area contributed by atoms with Crippen LogP contribution in [0.2, 0.25) is 0 Å². The number of aliphatic hydroxyl groups is 1. The Morgan fingerprint density at radius 1 is 1.07 bits per heavy atom. The van der Waals surface area contributed by atoms with Gasteiger partial charge in [0.05, 0.1) is 5.60 Å². The van der Waals surface area contributed by atoms with Crippen molar-refractivity contribution in [1.82, 2.24) is 4.90 Å². The van der Waals surface area contributed by atoms with Crippen LogP contribution in [0.1, 0.15) is 41.6 Å². The van der Waals surface area contributed by atoms with E-state index in [1.54, 1.807) is 12.1 Å². The Morgan fingerprint density at radius 2 is 1.68 bits per heavy atom. The molecule has 0 bridgehead atoms. The fourth-order valence-corrected chi connectivity index (χ4v) is 3.75. The summed E-state index contributed by atoms with van der Waals surface area (Å²) in [7, 11) is 4.01. The van der Waals surface area contributed by atoms with Gasteiger partial charge >= 0.3 is 0 Å². The molecular weight excluding hydrogens is 355 g/mol. The van der Waals surface area contributed by atoms with E-state index in [-0.39, 0.29) is 11.6 Å². The van der Waals surface area contributed by atoms with Crippen LogP contribution in [0.5, 0.6) is 0 Å². The van der Waals surface area contributed by atoms with Gasteiger partial charge in [-0.05, 0) is 67.8 Å². The van der Waals surface area contributed by atoms with Gasteiger partial charge in [-0.15, -0.1) is 0 Å². The molecule has 4 nitrogen and oxygen atoms in total. The largest absolute Gasteiger partial charge is 0.385 e. The molecule has 1 fully saturated rings. The molecule has 1 N–H and O–H groups in total. The number of hydrogen-bond donors (Lipinski definition) is 1. The van der Waals surface area contributed by atoms with Gasteiger partial charge in [-0.1, -0.05) is 12.1 Å². The number of carbonyl (C=O) groups excluding carboxylic acids is 1. The van der Waals surface area contributed by atoms with Crippen LogP contribution in [0, 0.1) is 5.82 Å². The Bertz CT molecular complexity index is 779. The maximum atomic E-state index is 12.9. The quantitative estimate of drug-likeness (QED) is 0.737. The lowest BCUT2D eigenvalue weighted by molar-refractivity contribution is -0.0260. The third kappa shape index (κ3) is 4.97. The van der Waals surface area contributed by atoms with Gasteiger partial charge < -0.3 is 14.9 Å². The highest BCUT2D eigenvalue weighted by atomic mass is 19.1. The Morgan fingerprint density at radius 3 is 2.25 bits per heavy atom. The van der Waals surface area contributed by atoms with Crippen molar-refractivity contribution in [3.8, 4) is 0 Å². The molecule has 1 aliphatic rings. The van der Waals surface area contributed by atoms with Crippen molar-refractivity contribution in [2.45, 2.75) is 31.3 Å². The van der Waals surface area contributed by atoms with Crippen LogP contribution in [-0.2, 0) is 5.60 Å². The number of ketones is 1. The molecular formula is C23H29FN2O2. The standard InChI is InChI=1S/C23H29FN2O2/c1-25(2)21-11-7-19(8-12-21)23(28)13-16-26(17-14-23)15-3-4-22(27)18-5-9-20(24)10-6-18/h5-12,28H,3-4,13-17H2,1-2H3. The topological polar surface area (TPSA) is 43.8 Å². The van der Waals surface area contributed by atoms with Crippen molar-refractivity contribution in [3.05, 3.63) is 65.5 Å². The normalized spacial score (nSPS) is 16.7. The third-order valence-electron chi connectivity index (χ3n) is 5.65. The van der Waals surface area contributed by atoms with Crippen molar-refractivity contribution < 1.29 is 14.3 Å². The second kappa shape index (κ2) is 8.84. The maximum absolute atomic E-state index is 12.9. The summed E-state index contributed by atoms with van der Waals surface area (Å²) in [6.45, 7) is 2.47. The number of hydrogen-bond acceptors (Lipinski definition) is 4. The SMILES string of the molecule is CN(C)c1ccc(C2(O)CCN(CCCC(=O)c3ccc(F)cc3)CC2)cc1. The minimum Gasteiger partial charge on any atom is -0.385 e. The van der Waals surface area contributed by atoms with Gasteiger partial charge in [0, 0.05) is 44.9 Å². The summed E-state index contributed by atoms with van der Waals surface area (Å²) in [5.41, 5.74) is 1.89. The fraction of sp³-hybridized carbons (Fsp3) is 0.435. The van der Waals surface area contributed by atoms with Gasteiger partial charge in [0.1, 0.15) is 5.82 Å². The molecule has 0 aromatic heterocycles. The van der Waals surface area contributed by atoms with Gasteiger partial charge in [-0.2, -0.15) is 0 Å². The zero-order valence-corrected chi connectivity index (χ0v) is 16.7. The summed E-state index contributed by atoms with van der Waals surface area (Å²) < 4.78 is 12.9. The molecule has 0 atom stereocenters. The fourth-order valence-electron chi connectivity index (χ4n) is 3.75. The Labute approximate surface area is 166 Å². The summed E-state index contributed by atoms with van der Waals surface area (Å²) in [6, 6.07) is 13.9. The lowest BCUT2D eigenvalue weighted by Gasteiger charge is -2.38. The van der Waals surface area contributed by atoms with E-state index in [0.29, 0.717) is 24.8 Å². The average Bonchev–Trinajstić information content (AvgIpc) is 2.70. The highest BCUT2D eigenvalue weighted by Crippen LogP contribution is 2.33. The van der Waals surface area contributed by atoms with E-state index < -0.39 is 5.60 Å². The Hall–Kier alpha value is -2.24. The molecule has 0 unspecified atom stereocenters. The molecule has 28 heavy (non-hydrogen) atoms. The number of Topliss-reactive ketones (excluding diaryl/α,β-unsaturated/α-hetero) is 1. The molecule has 2 aromatic carbocycles. The average molecular weight is 384 g/mol. The van der Waals surface area contributed by atoms with Crippen LogP contribution in [0.4, 0.5) is 10.1 Å². The molecule has 5 heteroatoms. The zero-order chi connectivity index (χ0) is 20.1. The molecule has 0 amide bonds. The molecule has 0 saturated carbocycles. The van der Waals surface area contributed by atoms with Crippen LogP contribution in [0.3, 0.4) is 0 Å². The van der Waals surface area contributed by atoms with E-state index in [9.17, 15) is 14.3 Å². The summed E-state index contributed by atoms with van der Waals surface area (Å²) in [6.07, 6.45) is 2.62. The Kier molecular flexibility index (Phi) is 6.47. The van der Waals surface area contributed by atoms with E-state index in [1.807, 2.05) is 43.3 Å². The van der Waals surface area contributed by atoms with Gasteiger partial charge in [0.2, 0.25) is 0 Å². The van der Waals surface area contributed by atoms with E-state index in [4.69, 9.17) is 0 Å². The van der Waals surface area contributed by atoms with Crippen molar-refractivity contribution in [2.24, 2.45) is 0 Å². The second-order valence-electron chi connectivity index (χ2n) is 7.85. The molecule has 1 aliphatic heterocycles. The van der Waals surface area contributed by atoms with E-state index in [1.165, 1.54) is 12.1 Å². The van der Waals surface area contributed by atoms with Crippen molar-refractivity contribution in [2.75, 3.05) is 38.6 Å². The minimum atomic E-state index is -0.773. The number of piperidine rings is 1. The van der Waals surface area contributed by atoms with E-state index in [2.05, 4.69) is 4.90 Å². The molecule has 2 aromatic rings. The van der Waals surface area contributed by atoms with Crippen LogP contribution in [-0.4, -0.2) is 49.5 Å². The number of nitrogens with zero attached hydrogens (tertiary/aromatic N) is 2. The smallest absolute Gasteiger partial charge is 0.162 e. The predicted molar refractivity (Wildman–Crippen MR) is 110 cm³/mol. The molecule has 0 spiro atoms. The third-order valence-corrected chi connectivity index (χ3v) is 5.65. The summed E-state index contributed by atoms with van der Waals surface area (Å²) in [5, 5.41) is 11.0. The van der Waals surface area contributed by atoms with Crippen LogP contribution < -0.4 is 4.90 Å². The Balaban J connectivity index is 1.46. The lowest BCUT2D eigenvalue weighted by Crippen LogP contribution is -2.42. The van der Waals surface area contributed by atoms with Crippen molar-refractivity contribution in [1.29, 1.82) is 0 Å². The monoisotopic (exact) mass is 384 g/mol. The molecule has 1 heterocycles. The second-order valence-corrected chi connectivity index (χ2v) is 7.85. The van der Waals surface area contributed by atoms with Crippen LogP contribution in [0.15, 0.2) is 48.5 Å². The van der Waals surface area contributed by atoms with Crippen molar-refractivity contribution in [3.63, 3.8) is 0 Å². The molecule has 3 rings (SSSR count). The van der Waals surface area contributed by atoms with Crippen molar-refractivity contribution >= 4 is 11.5 Å². The van der Waals surface area contributed by atoms with Crippen LogP contribution >= 0.6 is 0 Å². The molecule has 0 radical (unpaired) electrons. The van der Waals surface area contributed by atoms with Crippen LogP contribution in [0.25, 0.3) is 0 Å². The summed E-state index contributed by atoms with van der Waals surface area (Å²) in [5.74, 6) is -0.275. The van der Waals surface area contributed by atoms with E-state index >= 15 is 0 Å². The highest BCUT2D eigenvalue weighted by Gasteiger charge is 2.33. The summed E-state index contributed by atoms with van der Waals surface area (Å²) >= 11 is 0. The maximum Gasteiger partial charge on any atom is 0.162 e. The van der Waals surface area contributed by atoms with Gasteiger partial charge in [-0.3, -0.25) is 4.79 Å². The predicted octanol–water partition coefficient (Wildman–Crippen LogP) is 3.84. The molecule has 1 saturated heterocycles. The van der Waals surface area contributed by atoms with E-state index in [0.717, 1.165) is 37.3 Å². The number of halogens is 1. The number of rotatable bonds is 7. The number of carbonyl (C=O) groups is 1. The van der Waals surface area contributed by atoms with Gasteiger partial charge in [-0.25, -0.2) is 4.39 Å². The molecule has 150 valence electrons. The number of anilines is 1. The highest BCUT2D eigenvalue weighted by molar-refractivity contribution is 5.95. The summed E-state index contributed by atoms with van der Waals surface area (Å²) in [4.78, 5) is 16.5. The first-order valence-electron chi connectivity index (χ1n) is 9.89. The first-order chi connectivity index (χ1) is 13.4. The first-order valence-corrected chi connectivity index (χ1v) is 9.89. The van der Waals surface area contributed by atoms with Gasteiger partial charge in [0.25, 0.3) is 0 Å².